The van der Waals surface area contributed by atoms with Crippen molar-refractivity contribution in [1.82, 2.24) is 0 Å². The van der Waals surface area contributed by atoms with Gasteiger partial charge in [0.15, 0.2) is 0 Å². The lowest BCUT2D eigenvalue weighted by Gasteiger charge is -2.10. The molecule has 0 heterocycles. The van der Waals surface area contributed by atoms with Gasteiger partial charge < -0.3 is 9.47 Å². The molecule has 6 heteroatoms. The summed E-state index contributed by atoms with van der Waals surface area (Å²) in [6.07, 6.45) is 1.61. The number of rotatable bonds is 6. The summed E-state index contributed by atoms with van der Waals surface area (Å²) in [6.45, 7) is 0. The standard InChI is InChI=1S/C17H16ClFO3S/c1-21-16-9-14(19)10-17(22-2)15(16)7-8-23(20)11-12-3-5-13(18)6-4-12/h3-10H,11H2,1-2H3/b8-7+. The molecule has 0 aromatic heterocycles. The van der Waals surface area contributed by atoms with Crippen LogP contribution in [0.25, 0.3) is 6.08 Å². The van der Waals surface area contributed by atoms with E-state index >= 15 is 0 Å². The van der Waals surface area contributed by atoms with Crippen molar-refractivity contribution in [3.63, 3.8) is 0 Å². The Balaban J connectivity index is 2.19. The molecule has 1 unspecified atom stereocenters. The third-order valence-corrected chi connectivity index (χ3v) is 4.43. The Kier molecular flexibility index (Phi) is 6.19. The number of ether oxygens (including phenoxy) is 2. The molecule has 0 bridgehead atoms. The van der Waals surface area contributed by atoms with Crippen LogP contribution >= 0.6 is 11.6 Å². The number of halogens is 2. The minimum Gasteiger partial charge on any atom is -0.496 e. The fourth-order valence-electron chi connectivity index (χ4n) is 2.01. The van der Waals surface area contributed by atoms with Gasteiger partial charge in [0, 0.05) is 22.6 Å². The lowest BCUT2D eigenvalue weighted by Crippen LogP contribution is -1.95. The van der Waals surface area contributed by atoms with Crippen LogP contribution in [0, 0.1) is 5.82 Å². The van der Waals surface area contributed by atoms with Gasteiger partial charge in [-0.3, -0.25) is 4.21 Å². The number of benzene rings is 2. The van der Waals surface area contributed by atoms with E-state index in [1.165, 1.54) is 31.8 Å². The second kappa shape index (κ2) is 8.13. The predicted octanol–water partition coefficient (Wildman–Crippen LogP) is 4.42. The summed E-state index contributed by atoms with van der Waals surface area (Å²) in [5, 5.41) is 2.17. The number of methoxy groups -OCH3 is 2. The highest BCUT2D eigenvalue weighted by Crippen LogP contribution is 2.31. The van der Waals surface area contributed by atoms with Crippen molar-refractivity contribution in [3.8, 4) is 11.5 Å². The van der Waals surface area contributed by atoms with Crippen LogP contribution in [0.15, 0.2) is 41.8 Å². The van der Waals surface area contributed by atoms with Crippen LogP contribution in [0.5, 0.6) is 11.5 Å². The maximum Gasteiger partial charge on any atom is 0.132 e. The zero-order chi connectivity index (χ0) is 16.8. The van der Waals surface area contributed by atoms with Crippen LogP contribution in [-0.2, 0) is 16.6 Å². The molecule has 0 amide bonds. The van der Waals surface area contributed by atoms with Crippen LogP contribution in [0.1, 0.15) is 11.1 Å². The van der Waals surface area contributed by atoms with Gasteiger partial charge >= 0.3 is 0 Å². The van der Waals surface area contributed by atoms with E-state index in [1.54, 1.807) is 18.2 Å². The Hall–Kier alpha value is -1.85. The summed E-state index contributed by atoms with van der Waals surface area (Å²) in [5.41, 5.74) is 1.45. The SMILES string of the molecule is COc1cc(F)cc(OC)c1/C=C/S(=O)Cc1ccc(Cl)cc1. The fraction of sp³-hybridized carbons (Fsp3) is 0.176. The molecule has 0 saturated heterocycles. The molecule has 0 radical (unpaired) electrons. The Morgan fingerprint density at radius 3 is 2.22 bits per heavy atom. The average molecular weight is 355 g/mol. The van der Waals surface area contributed by atoms with Crippen LogP contribution in [0.4, 0.5) is 4.39 Å². The van der Waals surface area contributed by atoms with Gasteiger partial charge in [0.05, 0.1) is 36.3 Å². The highest BCUT2D eigenvalue weighted by atomic mass is 35.5. The summed E-state index contributed by atoms with van der Waals surface area (Å²) in [6, 6.07) is 9.67. The Morgan fingerprint density at radius 2 is 1.70 bits per heavy atom. The molecule has 0 saturated carbocycles. The van der Waals surface area contributed by atoms with Gasteiger partial charge in [0.1, 0.15) is 17.3 Å². The zero-order valence-corrected chi connectivity index (χ0v) is 14.3. The van der Waals surface area contributed by atoms with Crippen molar-refractivity contribution < 1.29 is 18.1 Å². The third kappa shape index (κ3) is 4.81. The van der Waals surface area contributed by atoms with E-state index in [4.69, 9.17) is 21.1 Å². The van der Waals surface area contributed by atoms with E-state index in [1.807, 2.05) is 12.1 Å². The Morgan fingerprint density at radius 1 is 1.13 bits per heavy atom. The monoisotopic (exact) mass is 354 g/mol. The Labute approximate surface area is 142 Å². The second-order valence-corrected chi connectivity index (χ2v) is 6.44. The van der Waals surface area contributed by atoms with Gasteiger partial charge in [-0.15, -0.1) is 0 Å². The van der Waals surface area contributed by atoms with E-state index in [0.717, 1.165) is 5.56 Å². The van der Waals surface area contributed by atoms with Crippen LogP contribution in [0.2, 0.25) is 5.02 Å². The Bertz CT molecular complexity index is 704. The third-order valence-electron chi connectivity index (χ3n) is 3.12. The first-order valence-electron chi connectivity index (χ1n) is 6.75. The van der Waals surface area contributed by atoms with Gasteiger partial charge in [0.2, 0.25) is 0 Å². The molecule has 0 spiro atoms. The molecule has 0 N–H and O–H groups in total. The quantitative estimate of drug-likeness (QED) is 0.770. The van der Waals surface area contributed by atoms with Crippen molar-refractivity contribution in [1.29, 1.82) is 0 Å². The van der Waals surface area contributed by atoms with Crippen molar-refractivity contribution in [2.24, 2.45) is 0 Å². The predicted molar refractivity (Wildman–Crippen MR) is 91.8 cm³/mol. The van der Waals surface area contributed by atoms with Crippen LogP contribution < -0.4 is 9.47 Å². The molecule has 0 fully saturated rings. The van der Waals surface area contributed by atoms with E-state index in [-0.39, 0.29) is 0 Å². The maximum atomic E-state index is 13.4. The minimum absolute atomic E-state index is 0.321. The van der Waals surface area contributed by atoms with E-state index in [2.05, 4.69) is 0 Å². The normalized spacial score (nSPS) is 12.3. The molecule has 0 aliphatic carbocycles. The molecule has 2 aromatic carbocycles. The number of hydrogen-bond acceptors (Lipinski definition) is 3. The van der Waals surface area contributed by atoms with Gasteiger partial charge in [0.25, 0.3) is 0 Å². The first-order valence-corrected chi connectivity index (χ1v) is 8.51. The van der Waals surface area contributed by atoms with Gasteiger partial charge in [-0.05, 0) is 23.8 Å². The molecule has 122 valence electrons. The first kappa shape index (κ1) is 17.5. The molecule has 0 aliphatic heterocycles. The van der Waals surface area contributed by atoms with E-state index < -0.39 is 16.6 Å². The molecule has 23 heavy (non-hydrogen) atoms. The summed E-state index contributed by atoms with van der Waals surface area (Å²) in [7, 11) is 1.65. The molecule has 3 nitrogen and oxygen atoms in total. The fourth-order valence-corrected chi connectivity index (χ4v) is 3.04. The molecule has 0 aliphatic rings. The topological polar surface area (TPSA) is 35.5 Å². The van der Waals surface area contributed by atoms with Crippen molar-refractivity contribution in [2.75, 3.05) is 14.2 Å². The molecule has 2 rings (SSSR count). The van der Waals surface area contributed by atoms with Gasteiger partial charge in [-0.2, -0.15) is 0 Å². The largest absolute Gasteiger partial charge is 0.496 e. The smallest absolute Gasteiger partial charge is 0.132 e. The first-order chi connectivity index (χ1) is 11.0. The van der Waals surface area contributed by atoms with Gasteiger partial charge in [-0.25, -0.2) is 4.39 Å². The number of hydrogen-bond donors (Lipinski definition) is 0. The lowest BCUT2D eigenvalue weighted by atomic mass is 10.1. The summed E-state index contributed by atoms with van der Waals surface area (Å²) >= 11 is 5.82. The van der Waals surface area contributed by atoms with Gasteiger partial charge in [-0.1, -0.05) is 23.7 Å². The van der Waals surface area contributed by atoms with Crippen molar-refractivity contribution in [3.05, 3.63) is 63.8 Å². The molecule has 2 aromatic rings. The highest BCUT2D eigenvalue weighted by Gasteiger charge is 2.10. The zero-order valence-electron chi connectivity index (χ0n) is 12.7. The minimum atomic E-state index is -1.23. The van der Waals surface area contributed by atoms with Crippen LogP contribution in [0.3, 0.4) is 0 Å². The molecule has 1 atom stereocenters. The van der Waals surface area contributed by atoms with Crippen molar-refractivity contribution in [2.45, 2.75) is 5.75 Å². The van der Waals surface area contributed by atoms with Crippen LogP contribution in [-0.4, -0.2) is 18.4 Å². The summed E-state index contributed by atoms with van der Waals surface area (Å²) < 4.78 is 35.9. The van der Waals surface area contributed by atoms with Crippen molar-refractivity contribution >= 4 is 28.5 Å². The summed E-state index contributed by atoms with van der Waals surface area (Å²) in [5.74, 6) is 0.542. The molecular formula is C17H16ClFO3S. The summed E-state index contributed by atoms with van der Waals surface area (Å²) in [4.78, 5) is 0. The maximum absolute atomic E-state index is 13.4. The average Bonchev–Trinajstić information content (AvgIpc) is 2.54. The van der Waals surface area contributed by atoms with E-state index in [0.29, 0.717) is 27.8 Å². The second-order valence-electron chi connectivity index (χ2n) is 4.68. The lowest BCUT2D eigenvalue weighted by molar-refractivity contribution is 0.387. The van der Waals surface area contributed by atoms with E-state index in [9.17, 15) is 8.60 Å². The molecular weight excluding hydrogens is 339 g/mol. The highest BCUT2D eigenvalue weighted by molar-refractivity contribution is 7.87.